The Morgan fingerprint density at radius 1 is 1.12 bits per heavy atom. The van der Waals surface area contributed by atoms with Crippen molar-refractivity contribution < 1.29 is 33.8 Å². The summed E-state index contributed by atoms with van der Waals surface area (Å²) in [5.74, 6) is -1.90. The van der Waals surface area contributed by atoms with Crippen LogP contribution in [0.4, 0.5) is 0 Å². The predicted octanol–water partition coefficient (Wildman–Crippen LogP) is 5.95. The number of amides is 3. The number of benzene rings is 2. The molecule has 2 aromatic carbocycles. The van der Waals surface area contributed by atoms with E-state index >= 15 is 0 Å². The first-order valence-electron chi connectivity index (χ1n) is 20.3. The van der Waals surface area contributed by atoms with Gasteiger partial charge in [-0.25, -0.2) is 5.43 Å². The molecule has 0 aliphatic carbocycles. The smallest absolute Gasteiger partial charge is 0.324 e. The van der Waals surface area contributed by atoms with E-state index in [4.69, 9.17) is 14.5 Å². The van der Waals surface area contributed by atoms with Gasteiger partial charge in [-0.2, -0.15) is 0 Å². The summed E-state index contributed by atoms with van der Waals surface area (Å²) in [6.45, 7) is 14.5. The zero-order valence-electron chi connectivity index (χ0n) is 35.2. The van der Waals surface area contributed by atoms with Crippen molar-refractivity contribution in [2.75, 3.05) is 27.3 Å². The number of phenolic OH excluding ortho intramolecular Hbond substituents is 1. The van der Waals surface area contributed by atoms with Crippen LogP contribution in [0.25, 0.3) is 33.3 Å². The maximum atomic E-state index is 14.4. The molecule has 0 saturated carbocycles. The van der Waals surface area contributed by atoms with E-state index in [1.54, 1.807) is 32.5 Å². The molecule has 0 radical (unpaired) electrons. The fraction of sp³-hybridized carbons (Fsp3) is 0.489. The Labute approximate surface area is 341 Å². The van der Waals surface area contributed by atoms with Gasteiger partial charge in [-0.05, 0) is 97.7 Å². The van der Waals surface area contributed by atoms with Gasteiger partial charge in [0, 0.05) is 68.7 Å². The number of hydrazine groups is 1. The van der Waals surface area contributed by atoms with Crippen molar-refractivity contribution in [3.05, 3.63) is 71.5 Å². The van der Waals surface area contributed by atoms with Crippen molar-refractivity contribution in [1.82, 2.24) is 30.2 Å². The lowest BCUT2D eigenvalue weighted by molar-refractivity contribution is -0.155. The first-order valence-corrected chi connectivity index (χ1v) is 20.3. The summed E-state index contributed by atoms with van der Waals surface area (Å²) in [6, 6.07) is 12.8. The molecular formula is C45H58N6O7. The Hall–Kier alpha value is -5.27. The molecule has 4 atom stereocenters. The second kappa shape index (κ2) is 17.3. The molecule has 2 aromatic heterocycles. The van der Waals surface area contributed by atoms with Crippen LogP contribution in [0.5, 0.6) is 5.75 Å². The topological polar surface area (TPSA) is 155 Å². The van der Waals surface area contributed by atoms with E-state index in [1.165, 1.54) is 16.8 Å². The Morgan fingerprint density at radius 2 is 1.88 bits per heavy atom. The maximum absolute atomic E-state index is 14.4. The molecule has 2 aliphatic heterocycles. The molecule has 2 aliphatic rings. The molecule has 4 heterocycles. The van der Waals surface area contributed by atoms with Gasteiger partial charge in [0.15, 0.2) is 0 Å². The highest BCUT2D eigenvalue weighted by Crippen LogP contribution is 2.42. The molecule has 13 nitrogen and oxygen atoms in total. The number of aromatic hydroxyl groups is 1. The minimum Gasteiger partial charge on any atom is -0.508 e. The van der Waals surface area contributed by atoms with E-state index in [9.17, 15) is 24.3 Å². The van der Waals surface area contributed by atoms with Crippen LogP contribution < -0.4 is 10.7 Å². The first kappa shape index (κ1) is 42.3. The highest BCUT2D eigenvalue weighted by atomic mass is 16.5. The van der Waals surface area contributed by atoms with Gasteiger partial charge in [0.2, 0.25) is 11.8 Å². The molecule has 310 valence electrons. The number of carbonyl (C=O) groups is 4. The number of aryl methyl sites for hydroxylation is 1. The van der Waals surface area contributed by atoms with Gasteiger partial charge in [-0.3, -0.25) is 29.2 Å². The number of cyclic esters (lactones) is 1. The zero-order chi connectivity index (χ0) is 42.1. The molecule has 1 fully saturated rings. The molecule has 0 spiro atoms. The quantitative estimate of drug-likeness (QED) is 0.184. The van der Waals surface area contributed by atoms with E-state index in [2.05, 4.69) is 54.3 Å². The molecular weight excluding hydrogens is 737 g/mol. The minimum absolute atomic E-state index is 0.0107. The monoisotopic (exact) mass is 794 g/mol. The van der Waals surface area contributed by atoms with Crippen LogP contribution >= 0.6 is 0 Å². The van der Waals surface area contributed by atoms with Crippen molar-refractivity contribution in [3.63, 3.8) is 0 Å². The Bertz CT molecular complexity index is 2200. The number of nitrogens with one attached hydrogen (secondary N) is 2. The van der Waals surface area contributed by atoms with Gasteiger partial charge in [-0.15, -0.1) is 0 Å². The van der Waals surface area contributed by atoms with Crippen molar-refractivity contribution in [2.24, 2.45) is 11.3 Å². The van der Waals surface area contributed by atoms with Crippen molar-refractivity contribution in [2.45, 2.75) is 105 Å². The number of hydrogen-bond acceptors (Lipinski definition) is 9. The number of esters is 1. The largest absolute Gasteiger partial charge is 0.508 e. The van der Waals surface area contributed by atoms with Crippen molar-refractivity contribution in [1.29, 1.82) is 0 Å². The van der Waals surface area contributed by atoms with Crippen LogP contribution in [-0.4, -0.2) is 93.7 Å². The summed E-state index contributed by atoms with van der Waals surface area (Å²) in [6.07, 6.45) is 3.11. The Balaban J connectivity index is 1.53. The Kier molecular flexibility index (Phi) is 12.6. The van der Waals surface area contributed by atoms with E-state index in [0.29, 0.717) is 37.9 Å². The van der Waals surface area contributed by atoms with Crippen LogP contribution in [-0.2, 0) is 48.0 Å². The van der Waals surface area contributed by atoms with Crippen molar-refractivity contribution >= 4 is 34.6 Å². The van der Waals surface area contributed by atoms with Crippen molar-refractivity contribution in [3.8, 4) is 28.1 Å². The second-order valence-electron chi connectivity index (χ2n) is 16.9. The third-order valence-corrected chi connectivity index (χ3v) is 11.5. The number of rotatable bonds is 8. The number of nitrogens with zero attached hydrogens (tertiary/aromatic N) is 4. The maximum Gasteiger partial charge on any atom is 0.324 e. The number of aromatic nitrogens is 2. The molecule has 1 saturated heterocycles. The zero-order valence-corrected chi connectivity index (χ0v) is 35.2. The third kappa shape index (κ3) is 8.75. The number of carbonyl (C=O) groups excluding carboxylic acids is 4. The van der Waals surface area contributed by atoms with Gasteiger partial charge in [0.05, 0.1) is 24.1 Å². The molecule has 4 aromatic rings. The van der Waals surface area contributed by atoms with Crippen LogP contribution in [0.2, 0.25) is 0 Å². The first-order chi connectivity index (χ1) is 27.5. The summed E-state index contributed by atoms with van der Waals surface area (Å²) in [4.78, 5) is 60.7. The van der Waals surface area contributed by atoms with Crippen LogP contribution in [0.3, 0.4) is 0 Å². The number of pyridine rings is 1. The molecule has 58 heavy (non-hydrogen) atoms. The van der Waals surface area contributed by atoms with E-state index in [-0.39, 0.29) is 36.7 Å². The summed E-state index contributed by atoms with van der Waals surface area (Å²) in [5, 5.41) is 16.5. The molecule has 3 N–H and O–H groups in total. The predicted molar refractivity (Wildman–Crippen MR) is 222 cm³/mol. The lowest BCUT2D eigenvalue weighted by atomic mass is 9.84. The van der Waals surface area contributed by atoms with Gasteiger partial charge < -0.3 is 29.4 Å². The average molecular weight is 795 g/mol. The molecule has 6 rings (SSSR count). The number of ether oxygens (including phenoxy) is 2. The number of hydrogen-bond donors (Lipinski definition) is 3. The number of methoxy groups -OCH3 is 1. The number of likely N-dealkylation sites (N-methyl/N-ethyl adjacent to an activating group) is 1. The average Bonchev–Trinajstić information content (AvgIpc) is 3.49. The molecule has 1 unspecified atom stereocenters. The molecule has 6 bridgehead atoms. The fourth-order valence-electron chi connectivity index (χ4n) is 8.45. The summed E-state index contributed by atoms with van der Waals surface area (Å²) in [7, 11) is 3.24. The highest BCUT2D eigenvalue weighted by molar-refractivity contribution is 5.96. The fourth-order valence-corrected chi connectivity index (χ4v) is 8.45. The molecule has 3 amide bonds. The summed E-state index contributed by atoms with van der Waals surface area (Å²) < 4.78 is 14.1. The van der Waals surface area contributed by atoms with E-state index in [1.807, 2.05) is 39.0 Å². The lowest BCUT2D eigenvalue weighted by Crippen LogP contribution is -2.62. The summed E-state index contributed by atoms with van der Waals surface area (Å²) in [5.41, 5.74) is 9.68. The SMILES string of the molecule is CCn1c(-c2cccnc2[C@H](C)OC)c2c3cc(ccc31)-c1cc(O)cc(c1)CC(NC(=O)[C@H](C(C)C)N(C)C(C)=O)C(=O)N1CCC[C@H](N1)C(=O)OCC(C)(C)C2. The van der Waals surface area contributed by atoms with Gasteiger partial charge >= 0.3 is 5.97 Å². The van der Waals surface area contributed by atoms with E-state index < -0.39 is 41.3 Å². The van der Waals surface area contributed by atoms with Crippen LogP contribution in [0, 0.1) is 11.3 Å². The second-order valence-corrected chi connectivity index (χ2v) is 16.9. The molecule has 13 heteroatoms. The van der Waals surface area contributed by atoms with Crippen LogP contribution in [0.15, 0.2) is 54.7 Å². The van der Waals surface area contributed by atoms with Gasteiger partial charge in [0.1, 0.15) is 23.9 Å². The normalized spacial score (nSPS) is 19.7. The Morgan fingerprint density at radius 3 is 2.57 bits per heavy atom. The standard InChI is InChI=1S/C45H58N6O7/c1-10-50-38-16-15-30-23-34(38)35(41(50)33-13-11-17-46-39(33)27(4)57-9)24-45(6,7)25-58-44(56)36-14-12-18-51(48-36)43(55)37(21-29-19-31(30)22-32(53)20-29)47-42(54)40(26(2)3)49(8)28(5)52/h11,13,15-17,19-20,22-23,26-27,36-37,40,48,53H,10,12,14,18,21,24-25H2,1-9H3,(H,47,54)/t27-,36-,37?,40-/m0/s1. The van der Waals surface area contributed by atoms with Gasteiger partial charge in [-0.1, -0.05) is 39.8 Å². The van der Waals surface area contributed by atoms with Gasteiger partial charge in [0.25, 0.3) is 5.91 Å². The third-order valence-electron chi connectivity index (χ3n) is 11.5. The van der Waals surface area contributed by atoms with E-state index in [0.717, 1.165) is 44.5 Å². The number of fused-ring (bicyclic) bond motifs is 6. The lowest BCUT2D eigenvalue weighted by Gasteiger charge is -2.36. The number of phenols is 1. The van der Waals surface area contributed by atoms with Crippen LogP contribution in [0.1, 0.15) is 84.2 Å². The summed E-state index contributed by atoms with van der Waals surface area (Å²) >= 11 is 0. The highest BCUT2D eigenvalue weighted by Gasteiger charge is 2.37. The minimum atomic E-state index is -1.10.